The number of hydrogen-bond acceptors (Lipinski definition) is 4. The van der Waals surface area contributed by atoms with Gasteiger partial charge in [-0.05, 0) is 24.1 Å². The van der Waals surface area contributed by atoms with Gasteiger partial charge in [0.25, 0.3) is 0 Å². The molecule has 0 aliphatic carbocycles. The maximum absolute atomic E-state index is 12.5. The molecule has 1 aromatic rings. The largest absolute Gasteiger partial charge is 0.374 e. The summed E-state index contributed by atoms with van der Waals surface area (Å²) in [5.41, 5.74) is 6.66. The average molecular weight is 284 g/mol. The smallest absolute Gasteiger partial charge is 0.243 e. The number of sulfonamides is 1. The molecule has 1 fully saturated rings. The van der Waals surface area contributed by atoms with Crippen molar-refractivity contribution in [3.05, 3.63) is 29.8 Å². The molecule has 1 aliphatic heterocycles. The summed E-state index contributed by atoms with van der Waals surface area (Å²) >= 11 is 0. The number of aryl methyl sites for hydroxylation is 1. The SMILES string of the molecule is CCc1ccc(S(=O)(=O)N2CCO[C@@H](CN)C2)cc1. The van der Waals surface area contributed by atoms with E-state index >= 15 is 0 Å². The molecule has 1 heterocycles. The monoisotopic (exact) mass is 284 g/mol. The predicted octanol–water partition coefficient (Wildman–Crippen LogP) is 0.597. The van der Waals surface area contributed by atoms with E-state index in [1.807, 2.05) is 19.1 Å². The first-order valence-electron chi connectivity index (χ1n) is 6.48. The zero-order valence-electron chi connectivity index (χ0n) is 11.1. The molecule has 0 radical (unpaired) electrons. The number of hydrogen-bond donors (Lipinski definition) is 1. The van der Waals surface area contributed by atoms with E-state index in [1.54, 1.807) is 12.1 Å². The average Bonchev–Trinajstić information content (AvgIpc) is 2.47. The van der Waals surface area contributed by atoms with E-state index in [-0.39, 0.29) is 6.10 Å². The molecule has 2 N–H and O–H groups in total. The predicted molar refractivity (Wildman–Crippen MR) is 73.4 cm³/mol. The summed E-state index contributed by atoms with van der Waals surface area (Å²) in [7, 11) is -3.43. The second-order valence-electron chi connectivity index (χ2n) is 4.59. The molecule has 106 valence electrons. The highest BCUT2D eigenvalue weighted by Gasteiger charge is 2.30. The lowest BCUT2D eigenvalue weighted by atomic mass is 10.2. The Morgan fingerprint density at radius 1 is 1.37 bits per heavy atom. The minimum absolute atomic E-state index is 0.210. The molecule has 0 amide bonds. The molecule has 6 heteroatoms. The minimum Gasteiger partial charge on any atom is -0.374 e. The second-order valence-corrected chi connectivity index (χ2v) is 6.53. The van der Waals surface area contributed by atoms with Crippen LogP contribution in [0.3, 0.4) is 0 Å². The molecule has 1 aromatic carbocycles. The van der Waals surface area contributed by atoms with Crippen LogP contribution in [0.5, 0.6) is 0 Å². The maximum atomic E-state index is 12.5. The van der Waals surface area contributed by atoms with Gasteiger partial charge in [-0.2, -0.15) is 4.31 Å². The topological polar surface area (TPSA) is 72.6 Å². The van der Waals surface area contributed by atoms with E-state index in [1.165, 1.54) is 4.31 Å². The molecular weight excluding hydrogens is 264 g/mol. The molecule has 0 saturated carbocycles. The van der Waals surface area contributed by atoms with Gasteiger partial charge in [0.1, 0.15) is 0 Å². The van der Waals surface area contributed by atoms with Crippen LogP contribution in [0.2, 0.25) is 0 Å². The molecule has 1 aliphatic rings. The number of morpholine rings is 1. The van der Waals surface area contributed by atoms with Crippen LogP contribution >= 0.6 is 0 Å². The van der Waals surface area contributed by atoms with Crippen molar-refractivity contribution in [2.45, 2.75) is 24.3 Å². The molecule has 1 saturated heterocycles. The number of ether oxygens (including phenoxy) is 1. The van der Waals surface area contributed by atoms with Gasteiger partial charge in [-0.15, -0.1) is 0 Å². The van der Waals surface area contributed by atoms with Crippen LogP contribution in [-0.2, 0) is 21.2 Å². The Hall–Kier alpha value is -0.950. The summed E-state index contributed by atoms with van der Waals surface area (Å²) in [5, 5.41) is 0. The molecule has 19 heavy (non-hydrogen) atoms. The Kier molecular flexibility index (Phi) is 4.57. The Bertz CT molecular complexity index is 513. The van der Waals surface area contributed by atoms with E-state index in [9.17, 15) is 8.42 Å². The highest BCUT2D eigenvalue weighted by atomic mass is 32.2. The van der Waals surface area contributed by atoms with Gasteiger partial charge in [0.15, 0.2) is 0 Å². The van der Waals surface area contributed by atoms with Crippen molar-refractivity contribution in [1.82, 2.24) is 4.31 Å². The fraction of sp³-hybridized carbons (Fsp3) is 0.538. The summed E-state index contributed by atoms with van der Waals surface area (Å²) in [6, 6.07) is 7.05. The van der Waals surface area contributed by atoms with Gasteiger partial charge in [0.2, 0.25) is 10.0 Å². The molecule has 0 aromatic heterocycles. The third kappa shape index (κ3) is 3.14. The van der Waals surface area contributed by atoms with E-state index in [4.69, 9.17) is 10.5 Å². The van der Waals surface area contributed by atoms with Crippen LogP contribution in [0.25, 0.3) is 0 Å². The first kappa shape index (κ1) is 14.5. The fourth-order valence-corrected chi connectivity index (χ4v) is 3.55. The van der Waals surface area contributed by atoms with E-state index in [0.29, 0.717) is 31.1 Å². The van der Waals surface area contributed by atoms with Gasteiger partial charge < -0.3 is 10.5 Å². The van der Waals surface area contributed by atoms with Gasteiger partial charge in [0.05, 0.1) is 17.6 Å². The zero-order valence-corrected chi connectivity index (χ0v) is 11.9. The number of nitrogens with zero attached hydrogens (tertiary/aromatic N) is 1. The number of rotatable bonds is 4. The van der Waals surface area contributed by atoms with E-state index in [0.717, 1.165) is 12.0 Å². The summed E-state index contributed by atoms with van der Waals surface area (Å²) in [6.07, 6.45) is 0.686. The summed E-state index contributed by atoms with van der Waals surface area (Å²) in [6.45, 7) is 3.48. The highest BCUT2D eigenvalue weighted by Crippen LogP contribution is 2.19. The molecular formula is C13H20N2O3S. The number of benzene rings is 1. The lowest BCUT2D eigenvalue weighted by molar-refractivity contribution is 0.00450. The highest BCUT2D eigenvalue weighted by molar-refractivity contribution is 7.89. The Balaban J connectivity index is 2.20. The summed E-state index contributed by atoms with van der Waals surface area (Å²) in [5.74, 6) is 0. The van der Waals surface area contributed by atoms with Gasteiger partial charge in [-0.1, -0.05) is 19.1 Å². The van der Waals surface area contributed by atoms with Gasteiger partial charge in [-0.25, -0.2) is 8.42 Å². The number of nitrogens with two attached hydrogens (primary N) is 1. The quantitative estimate of drug-likeness (QED) is 0.878. The zero-order chi connectivity index (χ0) is 13.9. The molecule has 0 bridgehead atoms. The Morgan fingerprint density at radius 2 is 2.05 bits per heavy atom. The molecule has 0 spiro atoms. The minimum atomic E-state index is -3.43. The Labute approximate surface area is 114 Å². The lowest BCUT2D eigenvalue weighted by Crippen LogP contribution is -2.48. The van der Waals surface area contributed by atoms with Crippen molar-refractivity contribution >= 4 is 10.0 Å². The van der Waals surface area contributed by atoms with Crippen LogP contribution < -0.4 is 5.73 Å². The Morgan fingerprint density at radius 3 is 2.63 bits per heavy atom. The first-order chi connectivity index (χ1) is 9.07. The van der Waals surface area contributed by atoms with Gasteiger partial charge >= 0.3 is 0 Å². The van der Waals surface area contributed by atoms with Crippen LogP contribution in [0.15, 0.2) is 29.2 Å². The van der Waals surface area contributed by atoms with Crippen molar-refractivity contribution in [3.63, 3.8) is 0 Å². The molecule has 5 nitrogen and oxygen atoms in total. The van der Waals surface area contributed by atoms with Crippen LogP contribution in [0.1, 0.15) is 12.5 Å². The summed E-state index contributed by atoms with van der Waals surface area (Å²) in [4.78, 5) is 0.336. The van der Waals surface area contributed by atoms with Gasteiger partial charge in [0, 0.05) is 19.6 Å². The normalized spacial score (nSPS) is 21.5. The second kappa shape index (κ2) is 6.00. The summed E-state index contributed by atoms with van der Waals surface area (Å²) < 4.78 is 31.8. The van der Waals surface area contributed by atoms with Crippen molar-refractivity contribution in [2.75, 3.05) is 26.2 Å². The maximum Gasteiger partial charge on any atom is 0.243 e. The third-order valence-electron chi connectivity index (χ3n) is 3.33. The van der Waals surface area contributed by atoms with Crippen molar-refractivity contribution in [3.8, 4) is 0 Å². The third-order valence-corrected chi connectivity index (χ3v) is 5.21. The molecule has 0 unspecified atom stereocenters. The lowest BCUT2D eigenvalue weighted by Gasteiger charge is -2.31. The van der Waals surface area contributed by atoms with Crippen LogP contribution in [0.4, 0.5) is 0 Å². The van der Waals surface area contributed by atoms with Crippen molar-refractivity contribution in [1.29, 1.82) is 0 Å². The molecule has 2 rings (SSSR count). The van der Waals surface area contributed by atoms with E-state index in [2.05, 4.69) is 0 Å². The van der Waals surface area contributed by atoms with Crippen LogP contribution in [-0.4, -0.2) is 45.1 Å². The van der Waals surface area contributed by atoms with E-state index < -0.39 is 10.0 Å². The van der Waals surface area contributed by atoms with Gasteiger partial charge in [-0.3, -0.25) is 0 Å². The van der Waals surface area contributed by atoms with Crippen LogP contribution in [0, 0.1) is 0 Å². The first-order valence-corrected chi connectivity index (χ1v) is 7.92. The molecule has 1 atom stereocenters. The fourth-order valence-electron chi connectivity index (χ4n) is 2.10. The van der Waals surface area contributed by atoms with Crippen molar-refractivity contribution < 1.29 is 13.2 Å². The van der Waals surface area contributed by atoms with Crippen molar-refractivity contribution in [2.24, 2.45) is 5.73 Å². The standard InChI is InChI=1S/C13H20N2O3S/c1-2-11-3-5-13(6-4-11)19(16,17)15-7-8-18-12(9-14)10-15/h3-6,12H,2,7-10,14H2,1H3/t12-/m0/s1.